The van der Waals surface area contributed by atoms with Crippen molar-refractivity contribution >= 4 is 5.91 Å². The van der Waals surface area contributed by atoms with Gasteiger partial charge in [0.05, 0.1) is 24.4 Å². The number of benzene rings is 1. The van der Waals surface area contributed by atoms with E-state index in [1.54, 1.807) is 6.26 Å². The van der Waals surface area contributed by atoms with Crippen LogP contribution in [0.2, 0.25) is 0 Å². The lowest BCUT2D eigenvalue weighted by molar-refractivity contribution is 0.0939. The van der Waals surface area contributed by atoms with E-state index in [0.717, 1.165) is 22.7 Å². The molecule has 3 aromatic rings. The van der Waals surface area contributed by atoms with Crippen LogP contribution in [-0.4, -0.2) is 10.5 Å². The summed E-state index contributed by atoms with van der Waals surface area (Å²) in [6.45, 7) is 6.60. The van der Waals surface area contributed by atoms with Crippen molar-refractivity contribution in [1.29, 1.82) is 0 Å². The summed E-state index contributed by atoms with van der Waals surface area (Å²) in [6.07, 6.45) is 1.67. The molecule has 2 heterocycles. The fraction of sp³-hybridized carbons (Fsp3) is 0.250. The molecule has 0 fully saturated rings. The first-order chi connectivity index (χ1) is 11.6. The van der Waals surface area contributed by atoms with E-state index in [1.807, 2.05) is 69.3 Å². The molecule has 0 unspecified atom stereocenters. The average Bonchev–Trinajstić information content (AvgIpc) is 3.19. The lowest BCUT2D eigenvalue weighted by Crippen LogP contribution is -2.27. The van der Waals surface area contributed by atoms with Crippen LogP contribution >= 0.6 is 0 Å². The van der Waals surface area contributed by atoms with Gasteiger partial charge in [0, 0.05) is 11.4 Å². The summed E-state index contributed by atoms with van der Waals surface area (Å²) in [5, 5.41) is 3.08. The average molecular weight is 322 g/mol. The Morgan fingerprint density at radius 1 is 1.17 bits per heavy atom. The Kier molecular flexibility index (Phi) is 4.56. The third kappa shape index (κ3) is 3.27. The molecule has 0 saturated heterocycles. The molecule has 3 rings (SSSR count). The van der Waals surface area contributed by atoms with Crippen molar-refractivity contribution in [3.05, 3.63) is 83.1 Å². The van der Waals surface area contributed by atoms with E-state index < -0.39 is 0 Å². The van der Waals surface area contributed by atoms with Crippen LogP contribution in [0.5, 0.6) is 0 Å². The van der Waals surface area contributed by atoms with Gasteiger partial charge in [0.25, 0.3) is 5.91 Å². The number of hydrogen-bond acceptors (Lipinski definition) is 2. The van der Waals surface area contributed by atoms with Crippen LogP contribution in [0.1, 0.15) is 46.0 Å². The van der Waals surface area contributed by atoms with Crippen molar-refractivity contribution < 1.29 is 9.21 Å². The van der Waals surface area contributed by atoms with Crippen molar-refractivity contribution in [3.8, 4) is 0 Å². The molecule has 124 valence electrons. The normalized spacial score (nSPS) is 12.1. The Hall–Kier alpha value is -2.75. The maximum absolute atomic E-state index is 12.7. The molecule has 1 aromatic carbocycles. The lowest BCUT2D eigenvalue weighted by Gasteiger charge is -2.14. The van der Waals surface area contributed by atoms with Crippen LogP contribution in [0.3, 0.4) is 0 Å². The second-order valence-corrected chi connectivity index (χ2v) is 6.06. The zero-order chi connectivity index (χ0) is 17.1. The van der Waals surface area contributed by atoms with Crippen LogP contribution < -0.4 is 5.32 Å². The Labute approximate surface area is 142 Å². The van der Waals surface area contributed by atoms with Gasteiger partial charge in [-0.05, 0) is 44.5 Å². The van der Waals surface area contributed by atoms with E-state index >= 15 is 0 Å². The van der Waals surface area contributed by atoms with Crippen LogP contribution in [-0.2, 0) is 6.54 Å². The predicted octanol–water partition coefficient (Wildman–Crippen LogP) is 4.24. The summed E-state index contributed by atoms with van der Waals surface area (Å²) >= 11 is 0. The monoisotopic (exact) mass is 322 g/mol. The Balaban J connectivity index is 1.78. The number of aromatic nitrogens is 1. The molecule has 1 atom stereocenters. The minimum atomic E-state index is -0.0508. The number of rotatable bonds is 5. The third-order valence-electron chi connectivity index (χ3n) is 4.36. The zero-order valence-electron chi connectivity index (χ0n) is 14.2. The van der Waals surface area contributed by atoms with Crippen molar-refractivity contribution in [3.63, 3.8) is 0 Å². The lowest BCUT2D eigenvalue weighted by atomic mass is 10.1. The second-order valence-electron chi connectivity index (χ2n) is 6.06. The summed E-state index contributed by atoms with van der Waals surface area (Å²) in [6, 6.07) is 15.7. The molecular weight excluding hydrogens is 300 g/mol. The number of furan rings is 1. The van der Waals surface area contributed by atoms with E-state index in [1.165, 1.54) is 0 Å². The molecule has 1 N–H and O–H groups in total. The van der Waals surface area contributed by atoms with Crippen molar-refractivity contribution in [2.24, 2.45) is 0 Å². The van der Waals surface area contributed by atoms with Crippen LogP contribution in [0.4, 0.5) is 0 Å². The molecule has 1 amide bonds. The number of hydrogen-bond donors (Lipinski definition) is 1. The Bertz CT molecular complexity index is 817. The number of aryl methyl sites for hydroxylation is 1. The van der Waals surface area contributed by atoms with E-state index in [0.29, 0.717) is 12.1 Å². The first-order valence-electron chi connectivity index (χ1n) is 8.11. The van der Waals surface area contributed by atoms with Gasteiger partial charge >= 0.3 is 0 Å². The summed E-state index contributed by atoms with van der Waals surface area (Å²) < 4.78 is 7.52. The minimum absolute atomic E-state index is 0.0353. The SMILES string of the molecule is Cc1cc(C(=O)N[C@H](C)c2ccccc2)c(C)n1Cc1ccco1. The van der Waals surface area contributed by atoms with Gasteiger partial charge in [-0.15, -0.1) is 0 Å². The Morgan fingerprint density at radius 2 is 1.92 bits per heavy atom. The maximum Gasteiger partial charge on any atom is 0.253 e. The van der Waals surface area contributed by atoms with Gasteiger partial charge in [-0.1, -0.05) is 30.3 Å². The van der Waals surface area contributed by atoms with E-state index in [-0.39, 0.29) is 11.9 Å². The highest BCUT2D eigenvalue weighted by Gasteiger charge is 2.18. The van der Waals surface area contributed by atoms with E-state index in [2.05, 4.69) is 9.88 Å². The first kappa shape index (κ1) is 16.1. The molecule has 0 aliphatic rings. The molecular formula is C20H22N2O2. The number of amides is 1. The van der Waals surface area contributed by atoms with Crippen LogP contribution in [0.15, 0.2) is 59.2 Å². The Morgan fingerprint density at radius 3 is 2.58 bits per heavy atom. The number of carbonyl (C=O) groups is 1. The van der Waals surface area contributed by atoms with Gasteiger partial charge in [-0.2, -0.15) is 0 Å². The first-order valence-corrected chi connectivity index (χ1v) is 8.11. The summed E-state index contributed by atoms with van der Waals surface area (Å²) in [5.74, 6) is 0.826. The van der Waals surface area contributed by atoms with Gasteiger partial charge in [0.2, 0.25) is 0 Å². The largest absolute Gasteiger partial charge is 0.467 e. The number of nitrogens with one attached hydrogen (secondary N) is 1. The summed E-state index contributed by atoms with van der Waals surface area (Å²) in [4.78, 5) is 12.7. The molecule has 0 radical (unpaired) electrons. The van der Waals surface area contributed by atoms with Gasteiger partial charge in [-0.3, -0.25) is 4.79 Å². The molecule has 0 aliphatic carbocycles. The van der Waals surface area contributed by atoms with Crippen molar-refractivity contribution in [2.75, 3.05) is 0 Å². The molecule has 2 aromatic heterocycles. The minimum Gasteiger partial charge on any atom is -0.467 e. The number of carbonyl (C=O) groups excluding carboxylic acids is 1. The molecule has 0 saturated carbocycles. The number of nitrogens with zero attached hydrogens (tertiary/aromatic N) is 1. The fourth-order valence-electron chi connectivity index (χ4n) is 2.93. The third-order valence-corrected chi connectivity index (χ3v) is 4.36. The molecule has 4 heteroatoms. The van der Waals surface area contributed by atoms with E-state index in [9.17, 15) is 4.79 Å². The highest BCUT2D eigenvalue weighted by molar-refractivity contribution is 5.96. The smallest absolute Gasteiger partial charge is 0.253 e. The van der Waals surface area contributed by atoms with Gasteiger partial charge < -0.3 is 14.3 Å². The topological polar surface area (TPSA) is 47.2 Å². The highest BCUT2D eigenvalue weighted by atomic mass is 16.3. The second kappa shape index (κ2) is 6.79. The van der Waals surface area contributed by atoms with Gasteiger partial charge in [-0.25, -0.2) is 0 Å². The highest BCUT2D eigenvalue weighted by Crippen LogP contribution is 2.19. The van der Waals surface area contributed by atoms with Crippen molar-refractivity contribution in [1.82, 2.24) is 9.88 Å². The predicted molar refractivity (Wildman–Crippen MR) is 94.0 cm³/mol. The summed E-state index contributed by atoms with van der Waals surface area (Å²) in [7, 11) is 0. The van der Waals surface area contributed by atoms with Gasteiger partial charge in [0.1, 0.15) is 5.76 Å². The summed E-state index contributed by atoms with van der Waals surface area (Å²) in [5.41, 5.74) is 3.79. The molecule has 0 spiro atoms. The molecule has 0 bridgehead atoms. The van der Waals surface area contributed by atoms with Crippen LogP contribution in [0.25, 0.3) is 0 Å². The van der Waals surface area contributed by atoms with Gasteiger partial charge in [0.15, 0.2) is 0 Å². The van der Waals surface area contributed by atoms with E-state index in [4.69, 9.17) is 4.42 Å². The molecule has 24 heavy (non-hydrogen) atoms. The molecule has 4 nitrogen and oxygen atoms in total. The van der Waals surface area contributed by atoms with Crippen LogP contribution in [0, 0.1) is 13.8 Å². The molecule has 0 aliphatic heterocycles. The standard InChI is InChI=1S/C20H22N2O2/c1-14-12-19(16(3)22(14)13-18-10-7-11-24-18)20(23)21-15(2)17-8-5-4-6-9-17/h4-12,15H,13H2,1-3H3,(H,21,23)/t15-/m1/s1. The maximum atomic E-state index is 12.7. The fourth-order valence-corrected chi connectivity index (χ4v) is 2.93. The zero-order valence-corrected chi connectivity index (χ0v) is 14.2. The quantitative estimate of drug-likeness (QED) is 0.764. The van der Waals surface area contributed by atoms with Crippen molar-refractivity contribution in [2.45, 2.75) is 33.4 Å².